The van der Waals surface area contributed by atoms with Crippen molar-refractivity contribution >= 4 is 27.3 Å². The predicted octanol–water partition coefficient (Wildman–Crippen LogP) is 2.82. The van der Waals surface area contributed by atoms with E-state index < -0.39 is 16.1 Å². The second kappa shape index (κ2) is 6.52. The molecule has 5 nitrogen and oxygen atoms in total. The molecule has 132 valence electrons. The molecule has 0 radical (unpaired) electrons. The lowest BCUT2D eigenvalue weighted by Crippen LogP contribution is -2.51. The van der Waals surface area contributed by atoms with Gasteiger partial charge in [-0.15, -0.1) is 0 Å². The van der Waals surface area contributed by atoms with E-state index in [-0.39, 0.29) is 11.9 Å². The largest absolute Gasteiger partial charge is 0.307 e. The molecule has 2 aromatic rings. The normalized spacial score (nSPS) is 17.9. The lowest BCUT2D eigenvalue weighted by atomic mass is 10.1. The summed E-state index contributed by atoms with van der Waals surface area (Å²) in [6, 6.07) is 15.7. The van der Waals surface area contributed by atoms with Gasteiger partial charge in [0.1, 0.15) is 6.04 Å². The molecule has 0 fully saturated rings. The molecule has 1 amide bonds. The maximum atomic E-state index is 13.2. The molecular formula is C19H22N2O3S. The summed E-state index contributed by atoms with van der Waals surface area (Å²) in [6.07, 6.45) is 1.91. The fourth-order valence-electron chi connectivity index (χ4n) is 3.48. The number of amides is 1. The van der Waals surface area contributed by atoms with Crippen LogP contribution in [0.1, 0.15) is 19.4 Å². The minimum atomic E-state index is -3.60. The molecule has 0 saturated heterocycles. The van der Waals surface area contributed by atoms with Gasteiger partial charge in [-0.2, -0.15) is 0 Å². The van der Waals surface area contributed by atoms with Gasteiger partial charge in [0.15, 0.2) is 0 Å². The smallest absolute Gasteiger partial charge is 0.250 e. The molecule has 0 unspecified atom stereocenters. The number of anilines is 2. The first kappa shape index (κ1) is 17.5. The van der Waals surface area contributed by atoms with Crippen LogP contribution in [0.2, 0.25) is 0 Å². The Morgan fingerprint density at radius 2 is 1.72 bits per heavy atom. The highest BCUT2D eigenvalue weighted by Crippen LogP contribution is 2.33. The third-order valence-electron chi connectivity index (χ3n) is 4.52. The van der Waals surface area contributed by atoms with Gasteiger partial charge < -0.3 is 4.90 Å². The molecule has 25 heavy (non-hydrogen) atoms. The predicted molar refractivity (Wildman–Crippen MR) is 100 cm³/mol. The van der Waals surface area contributed by atoms with Gasteiger partial charge in [-0.05, 0) is 44.0 Å². The lowest BCUT2D eigenvalue weighted by Gasteiger charge is -2.33. The summed E-state index contributed by atoms with van der Waals surface area (Å²) in [4.78, 5) is 14.9. The topological polar surface area (TPSA) is 57.7 Å². The quantitative estimate of drug-likeness (QED) is 0.844. The van der Waals surface area contributed by atoms with Crippen LogP contribution < -0.4 is 9.21 Å². The first-order valence-electron chi connectivity index (χ1n) is 8.26. The van der Waals surface area contributed by atoms with E-state index in [2.05, 4.69) is 0 Å². The zero-order valence-corrected chi connectivity index (χ0v) is 15.4. The highest BCUT2D eigenvalue weighted by molar-refractivity contribution is 7.92. The van der Waals surface area contributed by atoms with Crippen LogP contribution in [0.25, 0.3) is 0 Å². The van der Waals surface area contributed by atoms with Crippen LogP contribution in [0.3, 0.4) is 0 Å². The van der Waals surface area contributed by atoms with Gasteiger partial charge in [0, 0.05) is 11.7 Å². The summed E-state index contributed by atoms with van der Waals surface area (Å²) in [5.74, 6) is -0.216. The Bertz CT molecular complexity index is 881. The number of benzene rings is 2. The SMILES string of the molecule is C[C@H](C(=O)N1c2ccccc2C[C@@H]1C)N(c1ccccc1)S(C)(=O)=O. The van der Waals surface area contributed by atoms with Crippen molar-refractivity contribution in [2.24, 2.45) is 0 Å². The van der Waals surface area contributed by atoms with Gasteiger partial charge in [0.05, 0.1) is 11.9 Å². The average Bonchev–Trinajstić information content (AvgIpc) is 2.89. The van der Waals surface area contributed by atoms with E-state index in [0.717, 1.165) is 23.9 Å². The number of rotatable bonds is 4. The number of carbonyl (C=O) groups excluding carboxylic acids is 1. The van der Waals surface area contributed by atoms with Crippen LogP contribution in [0.4, 0.5) is 11.4 Å². The highest BCUT2D eigenvalue weighted by atomic mass is 32.2. The number of fused-ring (bicyclic) bond motifs is 1. The van der Waals surface area contributed by atoms with E-state index >= 15 is 0 Å². The van der Waals surface area contributed by atoms with E-state index in [0.29, 0.717) is 5.69 Å². The molecule has 0 spiro atoms. The van der Waals surface area contributed by atoms with Crippen molar-refractivity contribution in [3.8, 4) is 0 Å². The Labute approximate surface area is 148 Å². The fraction of sp³-hybridized carbons (Fsp3) is 0.316. The van der Waals surface area contributed by atoms with E-state index in [1.54, 1.807) is 36.1 Å². The maximum absolute atomic E-state index is 13.2. The molecular weight excluding hydrogens is 336 g/mol. The van der Waals surface area contributed by atoms with Crippen molar-refractivity contribution < 1.29 is 13.2 Å². The van der Waals surface area contributed by atoms with Crippen molar-refractivity contribution in [3.63, 3.8) is 0 Å². The zero-order valence-electron chi connectivity index (χ0n) is 14.6. The molecule has 0 aromatic heterocycles. The molecule has 2 atom stereocenters. The summed E-state index contributed by atoms with van der Waals surface area (Å²) < 4.78 is 25.9. The number of nitrogens with zero attached hydrogens (tertiary/aromatic N) is 2. The third kappa shape index (κ3) is 3.26. The van der Waals surface area contributed by atoms with Crippen molar-refractivity contribution in [2.45, 2.75) is 32.4 Å². The number of hydrogen-bond donors (Lipinski definition) is 0. The summed E-state index contributed by atoms with van der Waals surface area (Å²) in [5, 5.41) is 0. The van der Waals surface area contributed by atoms with Crippen molar-refractivity contribution in [2.75, 3.05) is 15.5 Å². The first-order chi connectivity index (χ1) is 11.8. The zero-order chi connectivity index (χ0) is 18.2. The van der Waals surface area contributed by atoms with Crippen molar-refractivity contribution in [1.29, 1.82) is 0 Å². The molecule has 0 bridgehead atoms. The van der Waals surface area contributed by atoms with Gasteiger partial charge in [0.25, 0.3) is 5.91 Å². The van der Waals surface area contributed by atoms with Gasteiger partial charge in [0.2, 0.25) is 10.0 Å². The number of para-hydroxylation sites is 2. The minimum absolute atomic E-state index is 0.00420. The summed E-state index contributed by atoms with van der Waals surface area (Å²) in [7, 11) is -3.60. The molecule has 6 heteroatoms. The van der Waals surface area contributed by atoms with Crippen LogP contribution in [0, 0.1) is 0 Å². The Balaban J connectivity index is 1.98. The Hall–Kier alpha value is -2.34. The molecule has 0 N–H and O–H groups in total. The second-order valence-corrected chi connectivity index (χ2v) is 8.32. The Kier molecular flexibility index (Phi) is 4.56. The van der Waals surface area contributed by atoms with Crippen LogP contribution >= 0.6 is 0 Å². The average molecular weight is 358 g/mol. The van der Waals surface area contributed by atoms with Gasteiger partial charge in [-0.1, -0.05) is 36.4 Å². The third-order valence-corrected chi connectivity index (χ3v) is 5.76. The standard InChI is InChI=1S/C19H22N2O3S/c1-14-13-16-9-7-8-12-18(16)20(14)19(22)15(2)21(25(3,23)24)17-10-5-4-6-11-17/h4-12,14-15H,13H2,1-3H3/t14-,15+/m0/s1. The minimum Gasteiger partial charge on any atom is -0.307 e. The van der Waals surface area contributed by atoms with Crippen LogP contribution in [0.15, 0.2) is 54.6 Å². The molecule has 2 aromatic carbocycles. The van der Waals surface area contributed by atoms with Gasteiger partial charge in [-0.3, -0.25) is 9.10 Å². The van der Waals surface area contributed by atoms with Crippen molar-refractivity contribution in [1.82, 2.24) is 0 Å². The number of carbonyl (C=O) groups is 1. The molecule has 3 rings (SSSR count). The molecule has 1 aliphatic rings. The number of hydrogen-bond acceptors (Lipinski definition) is 3. The number of sulfonamides is 1. The molecule has 1 heterocycles. The van der Waals surface area contributed by atoms with E-state index in [9.17, 15) is 13.2 Å². The summed E-state index contributed by atoms with van der Waals surface area (Å²) >= 11 is 0. The first-order valence-corrected chi connectivity index (χ1v) is 10.1. The van der Waals surface area contributed by atoms with Crippen LogP contribution in [0.5, 0.6) is 0 Å². The van der Waals surface area contributed by atoms with Crippen LogP contribution in [-0.2, 0) is 21.2 Å². The van der Waals surface area contributed by atoms with Gasteiger partial charge >= 0.3 is 0 Å². The van der Waals surface area contributed by atoms with Crippen LogP contribution in [-0.4, -0.2) is 32.7 Å². The van der Waals surface area contributed by atoms with Crippen molar-refractivity contribution in [3.05, 3.63) is 60.2 Å². The lowest BCUT2D eigenvalue weighted by molar-refractivity contribution is -0.119. The fourth-order valence-corrected chi connectivity index (χ4v) is 4.65. The monoisotopic (exact) mass is 358 g/mol. The van der Waals surface area contributed by atoms with E-state index in [1.165, 1.54) is 4.31 Å². The maximum Gasteiger partial charge on any atom is 0.250 e. The van der Waals surface area contributed by atoms with Gasteiger partial charge in [-0.25, -0.2) is 8.42 Å². The second-order valence-electron chi connectivity index (χ2n) is 6.46. The molecule has 0 saturated carbocycles. The molecule has 1 aliphatic heterocycles. The van der Waals surface area contributed by atoms with E-state index in [1.807, 2.05) is 37.3 Å². The summed E-state index contributed by atoms with van der Waals surface area (Å²) in [5.41, 5.74) is 2.47. The van der Waals surface area contributed by atoms with E-state index in [4.69, 9.17) is 0 Å². The summed E-state index contributed by atoms with van der Waals surface area (Å²) in [6.45, 7) is 3.63. The Morgan fingerprint density at radius 3 is 2.36 bits per heavy atom. The Morgan fingerprint density at radius 1 is 1.12 bits per heavy atom. The highest BCUT2D eigenvalue weighted by Gasteiger charge is 2.37. The molecule has 0 aliphatic carbocycles.